The number of esters is 3. The molecule has 19 nitrogen and oxygen atoms in total. The zero-order chi connectivity index (χ0) is 39.7. The Morgan fingerprint density at radius 3 is 1.61 bits per heavy atom. The maximum absolute atomic E-state index is 12.1. The van der Waals surface area contributed by atoms with Crippen LogP contribution in [0.3, 0.4) is 0 Å². The zero-order valence-electron chi connectivity index (χ0n) is 30.4. The molecular formula is C32H60O19. The van der Waals surface area contributed by atoms with E-state index in [-0.39, 0.29) is 84.5 Å². The molecule has 302 valence electrons. The van der Waals surface area contributed by atoms with Crippen LogP contribution >= 0.6 is 0 Å². The minimum Gasteiger partial charge on any atom is -0.468 e. The van der Waals surface area contributed by atoms with Gasteiger partial charge in [0.25, 0.3) is 19.4 Å². The molecule has 0 aliphatic heterocycles. The van der Waals surface area contributed by atoms with E-state index in [1.807, 2.05) is 0 Å². The van der Waals surface area contributed by atoms with Crippen LogP contribution in [-0.4, -0.2) is 160 Å². The standard InChI is InChI=1S/C24H42O14.2C3H6O2.C2H6O/c1-17(10-35-22(30)5-3-4-6-25)7-23(31)36-15-21(38-16-27)13-33-12-20(34-11-19(29)9-26)14-37-24(32)8-18(2)28;2*1-2-5-3-4;1-2-3/h16-21,25-26,28-29H,3-15H2,1-2H3;2*3H,2H2,1H3;3H,2H2,1H3. The molecule has 5 N–H and O–H groups in total. The van der Waals surface area contributed by atoms with Crippen LogP contribution in [0.4, 0.5) is 0 Å². The van der Waals surface area contributed by atoms with Crippen LogP contribution in [0.25, 0.3) is 0 Å². The quantitative estimate of drug-likeness (QED) is 0.0284. The van der Waals surface area contributed by atoms with Gasteiger partial charge in [0.2, 0.25) is 0 Å². The smallest absolute Gasteiger partial charge is 0.308 e. The van der Waals surface area contributed by atoms with Crippen LogP contribution in [0, 0.1) is 5.92 Å². The Morgan fingerprint density at radius 2 is 1.16 bits per heavy atom. The van der Waals surface area contributed by atoms with Gasteiger partial charge in [-0.3, -0.25) is 28.8 Å². The molecule has 0 bridgehead atoms. The van der Waals surface area contributed by atoms with Crippen molar-refractivity contribution < 1.29 is 92.2 Å². The summed E-state index contributed by atoms with van der Waals surface area (Å²) in [5.74, 6) is -2.00. The summed E-state index contributed by atoms with van der Waals surface area (Å²) in [7, 11) is 0. The minimum atomic E-state index is -1.16. The maximum atomic E-state index is 12.1. The van der Waals surface area contributed by atoms with E-state index >= 15 is 0 Å². The number of hydrogen-bond donors (Lipinski definition) is 5. The summed E-state index contributed by atoms with van der Waals surface area (Å²) in [5, 5.41) is 43.9. The molecule has 0 aliphatic rings. The fourth-order valence-corrected chi connectivity index (χ4v) is 2.88. The van der Waals surface area contributed by atoms with Crippen LogP contribution in [0.2, 0.25) is 0 Å². The largest absolute Gasteiger partial charge is 0.468 e. The Labute approximate surface area is 299 Å². The van der Waals surface area contributed by atoms with Crippen molar-refractivity contribution in [3.63, 3.8) is 0 Å². The van der Waals surface area contributed by atoms with E-state index in [4.69, 9.17) is 43.7 Å². The summed E-state index contributed by atoms with van der Waals surface area (Å²) in [4.78, 5) is 64.5. The predicted octanol–water partition coefficient (Wildman–Crippen LogP) is -0.770. The molecule has 0 aromatic rings. The molecule has 0 saturated heterocycles. The van der Waals surface area contributed by atoms with Crippen molar-refractivity contribution in [2.45, 2.75) is 91.1 Å². The molecule has 19 heteroatoms. The first kappa shape index (κ1) is 54.3. The van der Waals surface area contributed by atoms with Gasteiger partial charge >= 0.3 is 17.9 Å². The second-order valence-corrected chi connectivity index (χ2v) is 10.2. The summed E-state index contributed by atoms with van der Waals surface area (Å²) in [5.41, 5.74) is 0. The second kappa shape index (κ2) is 42.7. The van der Waals surface area contributed by atoms with Crippen LogP contribution in [-0.2, 0) is 66.7 Å². The van der Waals surface area contributed by atoms with Gasteiger partial charge in [-0.15, -0.1) is 0 Å². The summed E-state index contributed by atoms with van der Waals surface area (Å²) >= 11 is 0. The van der Waals surface area contributed by atoms with Gasteiger partial charge in [-0.25, -0.2) is 0 Å². The molecule has 0 aromatic carbocycles. The highest BCUT2D eigenvalue weighted by Crippen LogP contribution is 2.08. The number of aliphatic hydroxyl groups is 5. The molecule has 0 fully saturated rings. The third-order valence-corrected chi connectivity index (χ3v) is 5.22. The van der Waals surface area contributed by atoms with Gasteiger partial charge < -0.3 is 63.4 Å². The van der Waals surface area contributed by atoms with Crippen LogP contribution in [0.1, 0.15) is 66.7 Å². The molecule has 0 saturated carbocycles. The number of carbonyl (C=O) groups excluding carboxylic acids is 6. The molecule has 0 radical (unpaired) electrons. The number of unbranched alkanes of at least 4 members (excludes halogenated alkanes) is 1. The molecule has 0 heterocycles. The lowest BCUT2D eigenvalue weighted by Crippen LogP contribution is -2.34. The van der Waals surface area contributed by atoms with Crippen molar-refractivity contribution in [3.05, 3.63) is 0 Å². The highest BCUT2D eigenvalue weighted by Gasteiger charge is 2.20. The number of ether oxygens (including phenoxy) is 8. The molecule has 0 amide bonds. The number of rotatable bonds is 28. The van der Waals surface area contributed by atoms with E-state index in [0.717, 1.165) is 0 Å². The van der Waals surface area contributed by atoms with Crippen molar-refractivity contribution in [3.8, 4) is 0 Å². The second-order valence-electron chi connectivity index (χ2n) is 10.2. The summed E-state index contributed by atoms with van der Waals surface area (Å²) in [6.45, 7) is 8.86. The molecule has 5 atom stereocenters. The maximum Gasteiger partial charge on any atom is 0.308 e. The van der Waals surface area contributed by atoms with E-state index in [2.05, 4.69) is 9.47 Å². The Balaban J connectivity index is -0.000000720. The van der Waals surface area contributed by atoms with Crippen LogP contribution in [0.5, 0.6) is 0 Å². The van der Waals surface area contributed by atoms with Gasteiger partial charge in [-0.05, 0) is 40.5 Å². The average Bonchev–Trinajstić information content (AvgIpc) is 3.08. The highest BCUT2D eigenvalue weighted by atomic mass is 16.6. The number of carbonyl (C=O) groups is 6. The van der Waals surface area contributed by atoms with Gasteiger partial charge in [0, 0.05) is 25.6 Å². The van der Waals surface area contributed by atoms with Gasteiger partial charge in [-0.1, -0.05) is 6.92 Å². The summed E-state index contributed by atoms with van der Waals surface area (Å²) in [6, 6.07) is 0. The van der Waals surface area contributed by atoms with E-state index < -0.39 is 48.9 Å². The van der Waals surface area contributed by atoms with Gasteiger partial charge in [-0.2, -0.15) is 0 Å². The van der Waals surface area contributed by atoms with Gasteiger partial charge in [0.15, 0.2) is 6.10 Å². The fraction of sp³-hybridized carbons (Fsp3) is 0.812. The molecule has 5 unspecified atom stereocenters. The Hall–Kier alpha value is -3.46. The van der Waals surface area contributed by atoms with E-state index in [0.29, 0.717) is 39.0 Å². The first-order valence-corrected chi connectivity index (χ1v) is 16.4. The topological polar surface area (TPSA) is 277 Å². The molecule has 0 aromatic heterocycles. The first-order valence-electron chi connectivity index (χ1n) is 16.4. The van der Waals surface area contributed by atoms with E-state index in [9.17, 15) is 39.0 Å². The van der Waals surface area contributed by atoms with Crippen molar-refractivity contribution in [2.75, 3.05) is 72.7 Å². The normalized spacial score (nSPS) is 12.8. The Morgan fingerprint density at radius 1 is 0.647 bits per heavy atom. The van der Waals surface area contributed by atoms with Crippen molar-refractivity contribution >= 4 is 37.3 Å². The number of aliphatic hydroxyl groups excluding tert-OH is 5. The SMILES string of the molecule is CC(O)CC(=O)OCC(COCC(COC(=O)CC(C)COC(=O)CCCCO)OC=O)OCC(O)CO.CCO.CCOC=O.CCOC=O. The third kappa shape index (κ3) is 46.5. The minimum absolute atomic E-state index is 0.00125. The Kier molecular flexibility index (Phi) is 45.5. The monoisotopic (exact) mass is 748 g/mol. The average molecular weight is 749 g/mol. The van der Waals surface area contributed by atoms with Crippen molar-refractivity contribution in [1.29, 1.82) is 0 Å². The van der Waals surface area contributed by atoms with Gasteiger partial charge in [0.05, 0.1) is 65.2 Å². The zero-order valence-corrected chi connectivity index (χ0v) is 30.4. The molecule has 0 rings (SSSR count). The van der Waals surface area contributed by atoms with Crippen LogP contribution in [0.15, 0.2) is 0 Å². The first-order chi connectivity index (χ1) is 24.3. The highest BCUT2D eigenvalue weighted by molar-refractivity contribution is 5.70. The van der Waals surface area contributed by atoms with Crippen LogP contribution < -0.4 is 0 Å². The van der Waals surface area contributed by atoms with Crippen molar-refractivity contribution in [2.24, 2.45) is 5.92 Å². The van der Waals surface area contributed by atoms with Gasteiger partial charge in [0.1, 0.15) is 25.4 Å². The lowest BCUT2D eigenvalue weighted by molar-refractivity contribution is -0.160. The number of hydrogen-bond acceptors (Lipinski definition) is 19. The van der Waals surface area contributed by atoms with E-state index in [1.54, 1.807) is 27.7 Å². The Bertz CT molecular complexity index is 816. The van der Waals surface area contributed by atoms with E-state index in [1.165, 1.54) is 6.92 Å². The fourth-order valence-electron chi connectivity index (χ4n) is 2.88. The lowest BCUT2D eigenvalue weighted by atomic mass is 10.1. The molecular weight excluding hydrogens is 688 g/mol. The molecule has 51 heavy (non-hydrogen) atoms. The predicted molar refractivity (Wildman–Crippen MR) is 177 cm³/mol. The summed E-state index contributed by atoms with van der Waals surface area (Å²) < 4.78 is 39.2. The third-order valence-electron chi connectivity index (χ3n) is 5.22. The molecule has 0 spiro atoms. The summed E-state index contributed by atoms with van der Waals surface area (Å²) in [6.07, 6.45) is -2.91. The molecule has 0 aliphatic carbocycles. The van der Waals surface area contributed by atoms with Crippen molar-refractivity contribution in [1.82, 2.24) is 0 Å². The lowest BCUT2D eigenvalue weighted by Gasteiger charge is -2.21.